The Morgan fingerprint density at radius 1 is 0.900 bits per heavy atom. The van der Waals surface area contributed by atoms with Crippen LogP contribution in [0.3, 0.4) is 0 Å². The Morgan fingerprint density at radius 2 is 1.60 bits per heavy atom. The average molecular weight is 866 g/mol. The number of thiophene rings is 1. The molecule has 5 heterocycles. The number of anilines is 2. The summed E-state index contributed by atoms with van der Waals surface area (Å²) in [5.74, 6) is -0.566. The molecule has 7 aromatic rings. The number of carbonyl (C=O) groups excluding carboxylic acids is 2. The van der Waals surface area contributed by atoms with Gasteiger partial charge in [-0.2, -0.15) is 9.50 Å². The second-order valence-electron chi connectivity index (χ2n) is 14.1. The van der Waals surface area contributed by atoms with Crippen molar-refractivity contribution < 1.29 is 33.8 Å². The number of benzene rings is 3. The summed E-state index contributed by atoms with van der Waals surface area (Å²) in [4.78, 5) is 57.2. The fourth-order valence-corrected chi connectivity index (χ4v) is 8.71. The van der Waals surface area contributed by atoms with Gasteiger partial charge in [-0.15, -0.1) is 16.4 Å². The maximum atomic E-state index is 14.5. The van der Waals surface area contributed by atoms with Crippen LogP contribution < -0.4 is 20.5 Å². The lowest BCUT2D eigenvalue weighted by atomic mass is 10.2. The minimum atomic E-state index is -9.93. The molecule has 8 rings (SSSR count). The topological polar surface area (TPSA) is 140 Å². The Labute approximate surface area is 342 Å². The van der Waals surface area contributed by atoms with E-state index in [0.29, 0.717) is 16.3 Å². The molecular weight excluding hydrogens is 830 g/mol. The van der Waals surface area contributed by atoms with Crippen LogP contribution in [0.15, 0.2) is 101 Å². The van der Waals surface area contributed by atoms with E-state index < -0.39 is 33.1 Å². The molecule has 1 N–H and O–H groups in total. The quantitative estimate of drug-likeness (QED) is 0.127. The molecule has 0 aliphatic carbocycles. The molecule has 0 unspecified atom stereocenters. The second kappa shape index (κ2) is 14.7. The van der Waals surface area contributed by atoms with Crippen LogP contribution in [0.1, 0.15) is 34.4 Å². The van der Waals surface area contributed by atoms with E-state index in [1.54, 1.807) is 18.7 Å². The van der Waals surface area contributed by atoms with Crippen LogP contribution in [-0.4, -0.2) is 72.0 Å². The lowest BCUT2D eigenvalue weighted by Crippen LogP contribution is -2.51. The molecule has 1 fully saturated rings. The molecule has 20 heteroatoms. The van der Waals surface area contributed by atoms with Crippen molar-refractivity contribution >= 4 is 60.6 Å². The fraction of sp³-hybridized carbons (Fsp3) is 0.225. The molecule has 0 saturated carbocycles. The van der Waals surface area contributed by atoms with Crippen molar-refractivity contribution in [2.24, 2.45) is 0 Å². The van der Waals surface area contributed by atoms with Gasteiger partial charge in [0.05, 0.1) is 16.3 Å². The van der Waals surface area contributed by atoms with E-state index in [1.807, 2.05) is 65.6 Å². The highest BCUT2D eigenvalue weighted by Gasteiger charge is 2.65. The highest BCUT2D eigenvalue weighted by Crippen LogP contribution is 3.02. The first-order chi connectivity index (χ1) is 28.5. The lowest BCUT2D eigenvalue weighted by molar-refractivity contribution is -0.116. The molecule has 1 saturated heterocycles. The van der Waals surface area contributed by atoms with E-state index in [-0.39, 0.29) is 91.7 Å². The number of carbonyl (C=O) groups is 2. The highest BCUT2D eigenvalue weighted by molar-refractivity contribution is 8.45. The van der Waals surface area contributed by atoms with E-state index in [0.717, 1.165) is 32.3 Å². The molecule has 4 aromatic heterocycles. The molecule has 1 aliphatic rings. The SMILES string of the molecule is CCc1c(N2CCN(C(=O)c3ncnc(C)c3OCc3ccccc3)CC2)c(=O)n2nc(-c3cc4ccccc4s3)nc2n1CC(=O)Nc1ccc(S(F)(F)(F)(F)F)cc1. The molecule has 0 spiro atoms. The molecule has 60 heavy (non-hydrogen) atoms. The Morgan fingerprint density at radius 3 is 2.28 bits per heavy atom. The van der Waals surface area contributed by atoms with Crippen LogP contribution in [0.4, 0.5) is 30.8 Å². The van der Waals surface area contributed by atoms with E-state index in [9.17, 15) is 33.8 Å². The summed E-state index contributed by atoms with van der Waals surface area (Å²) in [7, 11) is -9.93. The summed E-state index contributed by atoms with van der Waals surface area (Å²) in [5.41, 5.74) is 1.48. The number of rotatable bonds is 11. The maximum Gasteiger partial charge on any atom is 0.310 e. The zero-order valence-electron chi connectivity index (χ0n) is 32.0. The minimum Gasteiger partial charge on any atom is -0.485 e. The van der Waals surface area contributed by atoms with Crippen LogP contribution in [-0.2, 0) is 24.4 Å². The third kappa shape index (κ3) is 8.11. The van der Waals surface area contributed by atoms with Gasteiger partial charge in [0.2, 0.25) is 11.7 Å². The highest BCUT2D eigenvalue weighted by atomic mass is 32.5. The number of halogens is 5. The molecule has 2 amide bonds. The van der Waals surface area contributed by atoms with E-state index in [2.05, 4.69) is 20.4 Å². The van der Waals surface area contributed by atoms with Crippen LogP contribution in [0.2, 0.25) is 0 Å². The number of nitrogens with one attached hydrogen (secondary N) is 1. The Kier molecular flexibility index (Phi) is 9.89. The van der Waals surface area contributed by atoms with Gasteiger partial charge in [-0.1, -0.05) is 74.9 Å². The van der Waals surface area contributed by atoms with Gasteiger partial charge in [-0.3, -0.25) is 14.4 Å². The third-order valence-electron chi connectivity index (χ3n) is 9.99. The van der Waals surface area contributed by atoms with Crippen molar-refractivity contribution in [2.45, 2.75) is 38.3 Å². The number of fused-ring (bicyclic) bond motifs is 2. The second-order valence-corrected chi connectivity index (χ2v) is 17.6. The lowest BCUT2D eigenvalue weighted by Gasteiger charge is -2.40. The first kappa shape index (κ1) is 40.4. The van der Waals surface area contributed by atoms with Crippen LogP contribution in [0.5, 0.6) is 5.75 Å². The summed E-state index contributed by atoms with van der Waals surface area (Å²) < 4.78 is 76.4. The zero-order chi connectivity index (χ0) is 42.5. The van der Waals surface area contributed by atoms with Crippen molar-refractivity contribution in [3.8, 4) is 16.5 Å². The van der Waals surface area contributed by atoms with Crippen LogP contribution >= 0.6 is 21.6 Å². The molecule has 0 radical (unpaired) electrons. The fourth-order valence-electron chi connectivity index (χ4n) is 7.06. The van der Waals surface area contributed by atoms with Gasteiger partial charge in [0.25, 0.3) is 11.5 Å². The van der Waals surface area contributed by atoms with Gasteiger partial charge >= 0.3 is 10.2 Å². The van der Waals surface area contributed by atoms with Crippen LogP contribution in [0.25, 0.3) is 26.6 Å². The number of hydrogen-bond donors (Lipinski definition) is 1. The normalized spacial score (nSPS) is 14.6. The first-order valence-corrected chi connectivity index (χ1v) is 21.4. The van der Waals surface area contributed by atoms with E-state index in [1.165, 1.54) is 22.2 Å². The number of hydrogen-bond acceptors (Lipinski definition) is 10. The van der Waals surface area contributed by atoms with Crippen molar-refractivity contribution in [1.29, 1.82) is 0 Å². The first-order valence-electron chi connectivity index (χ1n) is 18.7. The molecule has 1 aliphatic heterocycles. The number of aromatic nitrogens is 6. The largest absolute Gasteiger partial charge is 0.485 e. The molecule has 0 atom stereocenters. The summed E-state index contributed by atoms with van der Waals surface area (Å²) in [6, 6.07) is 20.9. The van der Waals surface area contributed by atoms with Crippen molar-refractivity contribution in [3.63, 3.8) is 0 Å². The number of aryl methyl sites for hydroxylation is 1. The standard InChI is InChI=1S/C40H36F5N9O4S2/c1-3-30-35(51-17-19-52(20-18-51)38(56)34-36(25(2)46-24-47-34)58-23-26-9-5-4-6-10-26)39(57)54-40(49-37(50-54)32-21-27-11-7-8-12-31(27)59-32)53(30)22-33(55)48-28-13-15-29(16-14-28)60(41,42,43,44)45/h4-16,21,24H,3,17-20,22-23H2,1-2H3,(H,48,55). The summed E-state index contributed by atoms with van der Waals surface area (Å²) >= 11 is 1.42. The molecule has 0 bridgehead atoms. The third-order valence-corrected chi connectivity index (χ3v) is 12.3. The Bertz CT molecular complexity index is 2810. The van der Waals surface area contributed by atoms with Gasteiger partial charge in [0.1, 0.15) is 30.1 Å². The molecular formula is C40H36F5N9O4S2. The minimum absolute atomic E-state index is 0.0374. The Hall–Kier alpha value is -6.41. The maximum absolute atomic E-state index is 14.5. The smallest absolute Gasteiger partial charge is 0.310 e. The van der Waals surface area contributed by atoms with E-state index >= 15 is 0 Å². The summed E-state index contributed by atoms with van der Waals surface area (Å²) in [5, 5.41) is 8.01. The molecule has 3 aromatic carbocycles. The summed E-state index contributed by atoms with van der Waals surface area (Å²) in [6.45, 7) is 4.07. The number of ether oxygens (including phenoxy) is 1. The van der Waals surface area contributed by atoms with Crippen molar-refractivity contribution in [1.82, 2.24) is 34.0 Å². The predicted octanol–water partition coefficient (Wildman–Crippen LogP) is 8.27. The Balaban J connectivity index is 1.10. The zero-order valence-corrected chi connectivity index (χ0v) is 33.7. The monoisotopic (exact) mass is 865 g/mol. The van der Waals surface area contributed by atoms with Gasteiger partial charge in [-0.25, -0.2) is 9.97 Å². The van der Waals surface area contributed by atoms with E-state index in [4.69, 9.17) is 9.72 Å². The van der Waals surface area contributed by atoms with Crippen LogP contribution in [0, 0.1) is 6.92 Å². The summed E-state index contributed by atoms with van der Waals surface area (Å²) in [6.07, 6.45) is 1.54. The van der Waals surface area contributed by atoms with Gasteiger partial charge in [-0.05, 0) is 60.7 Å². The van der Waals surface area contributed by atoms with Crippen molar-refractivity contribution in [3.05, 3.63) is 124 Å². The number of amides is 2. The van der Waals surface area contributed by atoms with Gasteiger partial charge < -0.3 is 24.4 Å². The van der Waals surface area contributed by atoms with Crippen molar-refractivity contribution in [2.75, 3.05) is 36.4 Å². The van der Waals surface area contributed by atoms with Gasteiger partial charge in [0, 0.05) is 36.6 Å². The molecule has 13 nitrogen and oxygen atoms in total. The number of nitrogens with zero attached hydrogens (tertiary/aromatic N) is 8. The number of piperazine rings is 1. The molecule has 312 valence electrons. The predicted molar refractivity (Wildman–Crippen MR) is 220 cm³/mol. The van der Waals surface area contributed by atoms with Gasteiger partial charge in [0.15, 0.2) is 17.3 Å². The average Bonchev–Trinajstić information content (AvgIpc) is 3.87.